The van der Waals surface area contributed by atoms with Crippen LogP contribution in [0.15, 0.2) is 18.3 Å². The molecule has 2 atom stereocenters. The Balaban J connectivity index is 1.62. The van der Waals surface area contributed by atoms with Gasteiger partial charge in [0.25, 0.3) is 0 Å². The highest BCUT2D eigenvalue weighted by atomic mass is 19.1. The van der Waals surface area contributed by atoms with E-state index in [9.17, 15) is 9.18 Å². The van der Waals surface area contributed by atoms with Gasteiger partial charge in [0.1, 0.15) is 5.82 Å². The standard InChI is InChI=1S/C16H22FN3O/c1-16(2,3)19-9-13-7-14(10-19)20(13)15(21)6-12-5-4-11(17)8-18-12/h4-5,8,13-14H,6-7,9-10H2,1-3H3. The molecular formula is C16H22FN3O. The normalized spacial score (nSPS) is 25.6. The second-order valence-electron chi connectivity index (χ2n) is 7.06. The van der Waals surface area contributed by atoms with E-state index in [0.717, 1.165) is 19.5 Å². The first kappa shape index (κ1) is 14.4. The van der Waals surface area contributed by atoms with Gasteiger partial charge in [0.15, 0.2) is 0 Å². The van der Waals surface area contributed by atoms with Crippen LogP contribution >= 0.6 is 0 Å². The van der Waals surface area contributed by atoms with Crippen molar-refractivity contribution in [3.05, 3.63) is 29.8 Å². The zero-order valence-corrected chi connectivity index (χ0v) is 12.8. The summed E-state index contributed by atoms with van der Waals surface area (Å²) in [4.78, 5) is 20.9. The third kappa shape index (κ3) is 2.79. The molecule has 114 valence electrons. The summed E-state index contributed by atoms with van der Waals surface area (Å²) in [6.07, 6.45) is 2.54. The Morgan fingerprint density at radius 3 is 2.52 bits per heavy atom. The molecule has 4 rings (SSSR count). The minimum Gasteiger partial charge on any atom is -0.334 e. The van der Waals surface area contributed by atoms with Crippen molar-refractivity contribution in [2.75, 3.05) is 13.1 Å². The summed E-state index contributed by atoms with van der Waals surface area (Å²) in [6.45, 7) is 8.54. The number of rotatable bonds is 2. The molecule has 1 aromatic heterocycles. The van der Waals surface area contributed by atoms with E-state index in [-0.39, 0.29) is 23.7 Å². The summed E-state index contributed by atoms with van der Waals surface area (Å²) in [6, 6.07) is 3.60. The Hall–Kier alpha value is -1.49. The van der Waals surface area contributed by atoms with Crippen molar-refractivity contribution in [3.63, 3.8) is 0 Å². The molecule has 0 aliphatic carbocycles. The Kier molecular flexibility index (Phi) is 3.48. The lowest BCUT2D eigenvalue weighted by Gasteiger charge is -2.59. The molecule has 3 saturated heterocycles. The maximum absolute atomic E-state index is 12.8. The first-order chi connectivity index (χ1) is 9.84. The number of halogens is 1. The molecule has 4 heterocycles. The van der Waals surface area contributed by atoms with E-state index in [1.54, 1.807) is 6.07 Å². The molecule has 0 aromatic carbocycles. The van der Waals surface area contributed by atoms with Crippen molar-refractivity contribution < 1.29 is 9.18 Å². The maximum atomic E-state index is 12.8. The van der Waals surface area contributed by atoms with E-state index >= 15 is 0 Å². The Bertz CT molecular complexity index is 525. The highest BCUT2D eigenvalue weighted by Crippen LogP contribution is 2.35. The third-order valence-electron chi connectivity index (χ3n) is 4.55. The lowest BCUT2D eigenvalue weighted by molar-refractivity contribution is -0.157. The minimum absolute atomic E-state index is 0.115. The van der Waals surface area contributed by atoms with E-state index in [0.29, 0.717) is 17.8 Å². The van der Waals surface area contributed by atoms with Crippen LogP contribution in [0, 0.1) is 5.82 Å². The molecule has 3 fully saturated rings. The largest absolute Gasteiger partial charge is 0.334 e. The van der Waals surface area contributed by atoms with Crippen LogP contribution < -0.4 is 0 Å². The summed E-state index contributed by atoms with van der Waals surface area (Å²) < 4.78 is 12.8. The lowest BCUT2D eigenvalue weighted by Crippen LogP contribution is -2.72. The van der Waals surface area contributed by atoms with Crippen LogP contribution in [0.3, 0.4) is 0 Å². The smallest absolute Gasteiger partial charge is 0.229 e. The molecule has 2 unspecified atom stereocenters. The van der Waals surface area contributed by atoms with Gasteiger partial charge in [-0.25, -0.2) is 4.39 Å². The van der Waals surface area contributed by atoms with Crippen molar-refractivity contribution in [2.45, 2.75) is 51.2 Å². The molecule has 1 amide bonds. The van der Waals surface area contributed by atoms with Crippen LogP contribution in [0.2, 0.25) is 0 Å². The molecule has 0 spiro atoms. The number of nitrogens with zero attached hydrogens (tertiary/aromatic N) is 3. The van der Waals surface area contributed by atoms with E-state index in [1.165, 1.54) is 12.3 Å². The molecule has 3 aliphatic heterocycles. The van der Waals surface area contributed by atoms with Gasteiger partial charge in [0.05, 0.1) is 12.6 Å². The Morgan fingerprint density at radius 1 is 1.33 bits per heavy atom. The SMILES string of the molecule is CC(C)(C)N1CC2CC(C1)N2C(=O)Cc1ccc(F)cn1. The van der Waals surface area contributed by atoms with Gasteiger partial charge in [0.2, 0.25) is 5.91 Å². The average molecular weight is 291 g/mol. The van der Waals surface area contributed by atoms with Crippen LogP contribution in [-0.4, -0.2) is 51.4 Å². The number of aromatic nitrogens is 1. The second-order valence-corrected chi connectivity index (χ2v) is 7.06. The highest BCUT2D eigenvalue weighted by molar-refractivity contribution is 5.80. The maximum Gasteiger partial charge on any atom is 0.229 e. The van der Waals surface area contributed by atoms with Crippen molar-refractivity contribution in [1.29, 1.82) is 0 Å². The van der Waals surface area contributed by atoms with Gasteiger partial charge in [-0.1, -0.05) is 0 Å². The van der Waals surface area contributed by atoms with Crippen LogP contribution in [0.1, 0.15) is 32.9 Å². The van der Waals surface area contributed by atoms with Crippen LogP contribution in [0.4, 0.5) is 4.39 Å². The monoisotopic (exact) mass is 291 g/mol. The third-order valence-corrected chi connectivity index (χ3v) is 4.55. The molecular weight excluding hydrogens is 269 g/mol. The van der Waals surface area contributed by atoms with Gasteiger partial charge in [0, 0.05) is 36.4 Å². The van der Waals surface area contributed by atoms with Crippen molar-refractivity contribution in [3.8, 4) is 0 Å². The molecule has 0 saturated carbocycles. The van der Waals surface area contributed by atoms with Gasteiger partial charge in [-0.05, 0) is 39.3 Å². The quantitative estimate of drug-likeness (QED) is 0.834. The van der Waals surface area contributed by atoms with Crippen molar-refractivity contribution in [2.24, 2.45) is 0 Å². The van der Waals surface area contributed by atoms with Gasteiger partial charge >= 0.3 is 0 Å². The van der Waals surface area contributed by atoms with E-state index in [1.807, 2.05) is 4.90 Å². The van der Waals surface area contributed by atoms with E-state index < -0.39 is 0 Å². The lowest BCUT2D eigenvalue weighted by atomic mass is 9.84. The fraction of sp³-hybridized carbons (Fsp3) is 0.625. The zero-order valence-electron chi connectivity index (χ0n) is 12.8. The number of hydrogen-bond acceptors (Lipinski definition) is 3. The van der Waals surface area contributed by atoms with Gasteiger partial charge < -0.3 is 4.90 Å². The Labute approximate surface area is 125 Å². The van der Waals surface area contributed by atoms with Crippen molar-refractivity contribution in [1.82, 2.24) is 14.8 Å². The summed E-state index contributed by atoms with van der Waals surface area (Å²) in [7, 11) is 0. The average Bonchev–Trinajstić information content (AvgIpc) is 2.40. The van der Waals surface area contributed by atoms with Gasteiger partial charge in [-0.2, -0.15) is 0 Å². The number of hydrogen-bond donors (Lipinski definition) is 0. The topological polar surface area (TPSA) is 36.4 Å². The number of piperidine rings is 1. The summed E-state index contributed by atoms with van der Waals surface area (Å²) in [5.41, 5.74) is 0.795. The Morgan fingerprint density at radius 2 is 2.00 bits per heavy atom. The van der Waals surface area contributed by atoms with E-state index in [2.05, 4.69) is 30.7 Å². The number of piperazine rings is 1. The van der Waals surface area contributed by atoms with Crippen LogP contribution in [0.5, 0.6) is 0 Å². The number of pyridine rings is 1. The summed E-state index contributed by atoms with van der Waals surface area (Å²) in [5.74, 6) is -0.253. The van der Waals surface area contributed by atoms with Crippen LogP contribution in [-0.2, 0) is 11.2 Å². The van der Waals surface area contributed by atoms with Gasteiger partial charge in [-0.15, -0.1) is 0 Å². The zero-order chi connectivity index (χ0) is 15.2. The highest BCUT2D eigenvalue weighted by Gasteiger charge is 2.48. The fourth-order valence-corrected chi connectivity index (χ4v) is 3.32. The molecule has 0 N–H and O–H groups in total. The van der Waals surface area contributed by atoms with Crippen LogP contribution in [0.25, 0.3) is 0 Å². The fourth-order valence-electron chi connectivity index (χ4n) is 3.32. The predicted octanol–water partition coefficient (Wildman–Crippen LogP) is 1.85. The molecule has 1 aromatic rings. The molecule has 21 heavy (non-hydrogen) atoms. The summed E-state index contributed by atoms with van der Waals surface area (Å²) in [5, 5.41) is 0. The van der Waals surface area contributed by atoms with Crippen molar-refractivity contribution >= 4 is 5.91 Å². The minimum atomic E-state index is -0.368. The van der Waals surface area contributed by atoms with Gasteiger partial charge in [-0.3, -0.25) is 14.7 Å². The molecule has 0 radical (unpaired) electrons. The first-order valence-corrected chi connectivity index (χ1v) is 7.51. The molecule has 2 bridgehead atoms. The number of fused-ring (bicyclic) bond motifs is 2. The molecule has 3 aliphatic rings. The summed E-state index contributed by atoms with van der Waals surface area (Å²) >= 11 is 0. The predicted molar refractivity (Wildman–Crippen MR) is 78.3 cm³/mol. The molecule has 4 nitrogen and oxygen atoms in total. The number of amides is 1. The van der Waals surface area contributed by atoms with E-state index in [4.69, 9.17) is 0 Å². The number of carbonyl (C=O) groups is 1. The first-order valence-electron chi connectivity index (χ1n) is 7.51. The molecule has 5 heteroatoms. The number of carbonyl (C=O) groups excluding carboxylic acids is 1. The second kappa shape index (κ2) is 5.05.